The number of methoxy groups -OCH3 is 1. The maximum atomic E-state index is 14.0. The standard InChI is InChI=1S/C58H78O31/c1-16-57(14,89-55-49(82-35(11)66)47(80-33(9)64)45(78-31(7)62)42(86-55)23-74-56-50(83-36(12)67)58(25-76-56,88-37(13)68)24-75-29(5)60)19-17-18-26(2)51(69)84-40-20-38-39(52(70)71-15)21-73-53(43(38)27(40)3)87-54-48(81-34(10)65)46(79-32(8)63)44(77-30(6)61)41(85-54)22-72-28(4)59/h16,18,21,27,38,40-50,53-56H,1,17,19-20,22-25H2,2-15H3/b26-18+/t27-,38+,40-,41+,42+,43+,44+,45+,46-,47-,48+,49+,50-,53-,54-,55-,56+,57+,58+/m0/s1. The topological polar surface area (TPSA) is 380 Å². The van der Waals surface area contributed by atoms with Gasteiger partial charge < -0.3 is 90.0 Å². The van der Waals surface area contributed by atoms with Gasteiger partial charge in [-0.15, -0.1) is 6.58 Å². The van der Waals surface area contributed by atoms with Crippen molar-refractivity contribution >= 4 is 71.6 Å². The summed E-state index contributed by atoms with van der Waals surface area (Å²) in [6.07, 6.45) is -17.1. The van der Waals surface area contributed by atoms with Crippen LogP contribution in [0.3, 0.4) is 0 Å². The highest BCUT2D eigenvalue weighted by Crippen LogP contribution is 2.49. The summed E-state index contributed by atoms with van der Waals surface area (Å²) in [6.45, 7) is 17.0. The number of carbonyl (C=O) groups excluding carboxylic acids is 12. The fraction of sp³-hybridized carbons (Fsp3) is 0.690. The molecule has 0 amide bonds. The molecule has 0 spiro atoms. The van der Waals surface area contributed by atoms with E-state index in [2.05, 4.69) is 6.58 Å². The highest BCUT2D eigenvalue weighted by atomic mass is 16.8. The van der Waals surface area contributed by atoms with Crippen molar-refractivity contribution in [3.63, 3.8) is 0 Å². The first-order valence-corrected chi connectivity index (χ1v) is 28.2. The van der Waals surface area contributed by atoms with E-state index in [1.54, 1.807) is 13.8 Å². The first-order chi connectivity index (χ1) is 41.7. The van der Waals surface area contributed by atoms with E-state index in [9.17, 15) is 57.5 Å². The summed E-state index contributed by atoms with van der Waals surface area (Å²) in [5.74, 6) is -12.4. The molecule has 5 aliphatic rings. The van der Waals surface area contributed by atoms with Crippen molar-refractivity contribution in [1.82, 2.24) is 0 Å². The predicted octanol–water partition coefficient (Wildman–Crippen LogP) is 2.06. The van der Waals surface area contributed by atoms with Crippen LogP contribution in [0.4, 0.5) is 0 Å². The van der Waals surface area contributed by atoms with E-state index in [0.29, 0.717) is 0 Å². The maximum Gasteiger partial charge on any atom is 0.337 e. The highest BCUT2D eigenvalue weighted by molar-refractivity contribution is 5.89. The van der Waals surface area contributed by atoms with Crippen LogP contribution in [-0.2, 0) is 148 Å². The second kappa shape index (κ2) is 31.7. The molecule has 19 atom stereocenters. The molecule has 31 nitrogen and oxygen atoms in total. The van der Waals surface area contributed by atoms with E-state index in [-0.39, 0.29) is 30.4 Å². The van der Waals surface area contributed by atoms with Crippen molar-refractivity contribution in [2.45, 2.75) is 207 Å². The zero-order valence-electron chi connectivity index (χ0n) is 51.9. The summed E-state index contributed by atoms with van der Waals surface area (Å²) in [6, 6.07) is 0. The van der Waals surface area contributed by atoms with Gasteiger partial charge in [-0.25, -0.2) is 9.59 Å². The monoisotopic (exact) mass is 1270 g/mol. The van der Waals surface area contributed by atoms with Crippen molar-refractivity contribution in [2.24, 2.45) is 17.8 Å². The fourth-order valence-electron chi connectivity index (χ4n) is 10.9. The summed E-state index contributed by atoms with van der Waals surface area (Å²) in [7, 11) is 1.16. The first kappa shape index (κ1) is 72.2. The van der Waals surface area contributed by atoms with Gasteiger partial charge in [-0.05, 0) is 33.1 Å². The number of esters is 12. The second-order valence-corrected chi connectivity index (χ2v) is 21.8. The quantitative estimate of drug-likeness (QED) is 0.0517. The van der Waals surface area contributed by atoms with Gasteiger partial charge in [0.15, 0.2) is 55.3 Å². The Kier molecular flexibility index (Phi) is 25.7. The summed E-state index contributed by atoms with van der Waals surface area (Å²) in [5.41, 5.74) is -3.17. The number of fused-ring (bicyclic) bond motifs is 1. The average molecular weight is 1270 g/mol. The smallest absolute Gasteiger partial charge is 0.337 e. The molecule has 0 unspecified atom stereocenters. The lowest BCUT2D eigenvalue weighted by Gasteiger charge is -2.46. The van der Waals surface area contributed by atoms with E-state index in [4.69, 9.17) is 90.0 Å². The molecule has 5 rings (SSSR count). The molecular formula is C58H78O31. The minimum Gasteiger partial charge on any atom is -0.472 e. The predicted molar refractivity (Wildman–Crippen MR) is 289 cm³/mol. The van der Waals surface area contributed by atoms with Crippen LogP contribution in [0, 0.1) is 17.8 Å². The van der Waals surface area contributed by atoms with E-state index in [1.165, 1.54) is 19.1 Å². The van der Waals surface area contributed by atoms with Crippen LogP contribution < -0.4 is 0 Å². The van der Waals surface area contributed by atoms with Crippen LogP contribution in [0.5, 0.6) is 0 Å². The van der Waals surface area contributed by atoms with Gasteiger partial charge in [0.25, 0.3) is 0 Å². The van der Waals surface area contributed by atoms with Gasteiger partial charge in [0.05, 0.1) is 37.8 Å². The van der Waals surface area contributed by atoms with E-state index < -0.39 is 213 Å². The Morgan fingerprint density at radius 2 is 1.11 bits per heavy atom. The third-order valence-electron chi connectivity index (χ3n) is 14.7. The number of hydrogen-bond acceptors (Lipinski definition) is 31. The minimum absolute atomic E-state index is 0.0218. The molecule has 0 bridgehead atoms. The van der Waals surface area contributed by atoms with Crippen molar-refractivity contribution in [1.29, 1.82) is 0 Å². The third kappa shape index (κ3) is 19.5. The zero-order chi connectivity index (χ0) is 66.4. The normalized spacial score (nSPS) is 32.0. The Labute approximate surface area is 512 Å². The SMILES string of the molecule is C=C[C@](C)(CC/C=C(\C)C(=O)O[C@H]1C[C@@H]2C(C(=O)OC)=CO[C@@H](O[C@@H]3O[C@H](COC(C)=O)[C@@H](OC(C)=O)[C@H](OC(C)=O)[C@H]3OC(C)=O)[C@@H]2[C@H]1C)O[C@@H]1O[C@H](CO[C@@H]2OC[C@@](COC(C)=O)(OC(C)=O)[C@H]2OC(C)=O)[C@@H](OC(C)=O)[C@H](OC(C)=O)[C@H]1OC(C)=O. The molecule has 1 aliphatic carbocycles. The molecule has 4 heterocycles. The molecule has 4 aliphatic heterocycles. The molecule has 3 saturated heterocycles. The number of allylic oxidation sites excluding steroid dienone is 1. The highest BCUT2D eigenvalue weighted by Gasteiger charge is 2.60. The maximum absolute atomic E-state index is 14.0. The molecule has 89 heavy (non-hydrogen) atoms. The van der Waals surface area contributed by atoms with Crippen molar-refractivity contribution in [3.05, 3.63) is 36.1 Å². The molecule has 1 saturated carbocycles. The van der Waals surface area contributed by atoms with Gasteiger partial charge in [0, 0.05) is 92.6 Å². The Bertz CT molecular complexity index is 2720. The van der Waals surface area contributed by atoms with Crippen LogP contribution in [-0.4, -0.2) is 203 Å². The van der Waals surface area contributed by atoms with Crippen LogP contribution >= 0.6 is 0 Å². The minimum atomic E-state index is -1.90. The van der Waals surface area contributed by atoms with E-state index in [1.807, 2.05) is 0 Å². The Balaban J connectivity index is 1.38. The average Bonchev–Trinajstić information content (AvgIpc) is 1.79. The van der Waals surface area contributed by atoms with E-state index >= 15 is 0 Å². The van der Waals surface area contributed by atoms with Crippen molar-refractivity contribution < 1.29 is 148 Å². The van der Waals surface area contributed by atoms with E-state index in [0.717, 1.165) is 82.6 Å². The molecule has 0 aromatic carbocycles. The molecule has 496 valence electrons. The molecule has 0 aromatic heterocycles. The summed E-state index contributed by atoms with van der Waals surface area (Å²) < 4.78 is 109. The Morgan fingerprint density at radius 1 is 0.607 bits per heavy atom. The van der Waals surface area contributed by atoms with Gasteiger partial charge in [-0.3, -0.25) is 47.9 Å². The number of ether oxygens (including phenoxy) is 19. The molecular weight excluding hydrogens is 1190 g/mol. The number of rotatable bonds is 26. The van der Waals surface area contributed by atoms with Gasteiger partial charge in [0.1, 0.15) is 31.5 Å². The Morgan fingerprint density at radius 3 is 1.62 bits per heavy atom. The lowest BCUT2D eigenvalue weighted by Crippen LogP contribution is -2.64. The second-order valence-electron chi connectivity index (χ2n) is 21.8. The zero-order valence-corrected chi connectivity index (χ0v) is 51.9. The molecule has 4 fully saturated rings. The fourth-order valence-corrected chi connectivity index (χ4v) is 10.9. The third-order valence-corrected chi connectivity index (χ3v) is 14.7. The van der Waals surface area contributed by atoms with Crippen LogP contribution in [0.2, 0.25) is 0 Å². The Hall–Kier alpha value is -7.58. The van der Waals surface area contributed by atoms with Crippen LogP contribution in [0.25, 0.3) is 0 Å². The lowest BCUT2D eigenvalue weighted by molar-refractivity contribution is -0.345. The number of carbonyl (C=O) groups is 12. The van der Waals surface area contributed by atoms with Crippen molar-refractivity contribution in [3.8, 4) is 0 Å². The van der Waals surface area contributed by atoms with Gasteiger partial charge in [-0.1, -0.05) is 19.1 Å². The molecule has 0 radical (unpaired) electrons. The van der Waals surface area contributed by atoms with Gasteiger partial charge in [0.2, 0.25) is 18.2 Å². The summed E-state index contributed by atoms with van der Waals surface area (Å²) in [4.78, 5) is 152. The van der Waals surface area contributed by atoms with Crippen LogP contribution in [0.15, 0.2) is 36.1 Å². The molecule has 31 heteroatoms. The van der Waals surface area contributed by atoms with Gasteiger partial charge in [-0.2, -0.15) is 0 Å². The first-order valence-electron chi connectivity index (χ1n) is 28.2. The summed E-state index contributed by atoms with van der Waals surface area (Å²) >= 11 is 0. The largest absolute Gasteiger partial charge is 0.472 e. The summed E-state index contributed by atoms with van der Waals surface area (Å²) in [5, 5.41) is 0. The van der Waals surface area contributed by atoms with Crippen LogP contribution in [0.1, 0.15) is 109 Å². The molecule has 0 aromatic rings. The van der Waals surface area contributed by atoms with Gasteiger partial charge >= 0.3 is 71.6 Å². The molecule has 0 N–H and O–H groups in total. The number of hydrogen-bond donors (Lipinski definition) is 0. The lowest BCUT2D eigenvalue weighted by atomic mass is 9.83. The van der Waals surface area contributed by atoms with Crippen molar-refractivity contribution in [2.75, 3.05) is 33.5 Å².